The summed E-state index contributed by atoms with van der Waals surface area (Å²) in [6.45, 7) is 1.31. The molecule has 2 heterocycles. The first-order chi connectivity index (χ1) is 12.1. The van der Waals surface area contributed by atoms with Crippen LogP contribution in [0.2, 0.25) is 0 Å². The average molecular weight is 337 g/mol. The fraction of sp³-hybridized carbons (Fsp3) is 0.118. The van der Waals surface area contributed by atoms with Crippen LogP contribution in [0.5, 0.6) is 5.75 Å². The molecular formula is C17H15N5O3. The van der Waals surface area contributed by atoms with Gasteiger partial charge in [0, 0.05) is 24.0 Å². The Morgan fingerprint density at radius 3 is 2.68 bits per heavy atom. The Bertz CT molecular complexity index is 876. The zero-order chi connectivity index (χ0) is 17.6. The van der Waals surface area contributed by atoms with E-state index in [0.29, 0.717) is 22.9 Å². The fourth-order valence-electron chi connectivity index (χ4n) is 2.06. The standard InChI is InChI=1S/C17H15N5O3/c1-12(23)13-3-5-14(6-4-13)25-10-17(24)21-15-9-16(19-11-18-15)22-8-2-7-20-22/h2-9,11H,10H2,1H3,(H,18,19,21,24). The molecule has 0 fully saturated rings. The third kappa shape index (κ3) is 4.25. The van der Waals surface area contributed by atoms with Crippen LogP contribution in [0.4, 0.5) is 5.82 Å². The van der Waals surface area contributed by atoms with Gasteiger partial charge in [-0.2, -0.15) is 5.10 Å². The predicted molar refractivity (Wildman–Crippen MR) is 89.7 cm³/mol. The monoisotopic (exact) mass is 337 g/mol. The van der Waals surface area contributed by atoms with Crippen molar-refractivity contribution in [2.75, 3.05) is 11.9 Å². The number of carbonyl (C=O) groups is 2. The maximum atomic E-state index is 12.0. The van der Waals surface area contributed by atoms with Crippen LogP contribution in [0.3, 0.4) is 0 Å². The van der Waals surface area contributed by atoms with Crippen LogP contribution >= 0.6 is 0 Å². The number of benzene rings is 1. The normalized spacial score (nSPS) is 10.3. The fourth-order valence-corrected chi connectivity index (χ4v) is 2.06. The number of anilines is 1. The number of hydrogen-bond donors (Lipinski definition) is 1. The molecular weight excluding hydrogens is 322 g/mol. The number of nitrogens with zero attached hydrogens (tertiary/aromatic N) is 4. The molecule has 126 valence electrons. The van der Waals surface area contributed by atoms with Gasteiger partial charge >= 0.3 is 0 Å². The molecule has 0 aliphatic heterocycles. The number of aromatic nitrogens is 4. The lowest BCUT2D eigenvalue weighted by Gasteiger charge is -2.08. The van der Waals surface area contributed by atoms with E-state index in [-0.39, 0.29) is 18.3 Å². The number of amides is 1. The van der Waals surface area contributed by atoms with Crippen molar-refractivity contribution >= 4 is 17.5 Å². The van der Waals surface area contributed by atoms with Gasteiger partial charge in [0.1, 0.15) is 17.9 Å². The minimum absolute atomic E-state index is 0.0268. The highest BCUT2D eigenvalue weighted by molar-refractivity contribution is 5.94. The molecule has 25 heavy (non-hydrogen) atoms. The van der Waals surface area contributed by atoms with Crippen molar-refractivity contribution in [2.45, 2.75) is 6.92 Å². The van der Waals surface area contributed by atoms with Crippen LogP contribution in [0.15, 0.2) is 55.1 Å². The lowest BCUT2D eigenvalue weighted by atomic mass is 10.1. The van der Waals surface area contributed by atoms with Crippen LogP contribution < -0.4 is 10.1 Å². The molecule has 3 rings (SSSR count). The summed E-state index contributed by atoms with van der Waals surface area (Å²) in [4.78, 5) is 31.3. The molecule has 2 aromatic heterocycles. The molecule has 0 spiro atoms. The largest absolute Gasteiger partial charge is 0.484 e. The SMILES string of the molecule is CC(=O)c1ccc(OCC(=O)Nc2cc(-n3cccn3)ncn2)cc1. The lowest BCUT2D eigenvalue weighted by molar-refractivity contribution is -0.118. The Balaban J connectivity index is 1.57. The molecule has 1 N–H and O–H groups in total. The summed E-state index contributed by atoms with van der Waals surface area (Å²) in [6, 6.07) is 9.96. The number of nitrogens with one attached hydrogen (secondary N) is 1. The number of ketones is 1. The first-order valence-electron chi connectivity index (χ1n) is 7.47. The van der Waals surface area contributed by atoms with Crippen molar-refractivity contribution in [2.24, 2.45) is 0 Å². The third-order valence-electron chi connectivity index (χ3n) is 3.29. The van der Waals surface area contributed by atoms with Crippen LogP contribution in [-0.2, 0) is 4.79 Å². The van der Waals surface area contributed by atoms with Gasteiger partial charge in [0.15, 0.2) is 18.2 Å². The van der Waals surface area contributed by atoms with Crippen molar-refractivity contribution in [1.82, 2.24) is 19.7 Å². The number of Topliss-reactive ketones (excluding diaryl/α,β-unsaturated/α-hetero) is 1. The molecule has 0 bridgehead atoms. The summed E-state index contributed by atoms with van der Waals surface area (Å²) >= 11 is 0. The number of rotatable bonds is 6. The smallest absolute Gasteiger partial charge is 0.263 e. The average Bonchev–Trinajstić information content (AvgIpc) is 3.15. The predicted octanol–water partition coefficient (Wildman–Crippen LogP) is 1.88. The maximum absolute atomic E-state index is 12.0. The van der Waals surface area contributed by atoms with Crippen molar-refractivity contribution < 1.29 is 14.3 Å². The second-order valence-corrected chi connectivity index (χ2v) is 5.13. The first kappa shape index (κ1) is 16.3. The van der Waals surface area contributed by atoms with E-state index in [4.69, 9.17) is 4.74 Å². The minimum atomic E-state index is -0.360. The van der Waals surface area contributed by atoms with Crippen LogP contribution in [-0.4, -0.2) is 38.0 Å². The molecule has 8 nitrogen and oxygen atoms in total. The number of hydrogen-bond acceptors (Lipinski definition) is 6. The maximum Gasteiger partial charge on any atom is 0.263 e. The Morgan fingerprint density at radius 1 is 1.20 bits per heavy atom. The molecule has 0 aliphatic rings. The van der Waals surface area contributed by atoms with Gasteiger partial charge in [0.2, 0.25) is 0 Å². The molecule has 3 aromatic rings. The Hall–Kier alpha value is -3.55. The second-order valence-electron chi connectivity index (χ2n) is 5.13. The van der Waals surface area contributed by atoms with Crippen molar-refractivity contribution in [3.63, 3.8) is 0 Å². The highest BCUT2D eigenvalue weighted by Gasteiger charge is 2.07. The van der Waals surface area contributed by atoms with E-state index in [1.165, 1.54) is 13.3 Å². The summed E-state index contributed by atoms with van der Waals surface area (Å²) in [5.74, 6) is 0.999. The summed E-state index contributed by atoms with van der Waals surface area (Å²) in [7, 11) is 0. The molecule has 0 aliphatic carbocycles. The summed E-state index contributed by atoms with van der Waals surface area (Å²) in [5.41, 5.74) is 0.587. The number of carbonyl (C=O) groups excluding carboxylic acids is 2. The third-order valence-corrected chi connectivity index (χ3v) is 3.29. The van der Waals surface area contributed by atoms with Gasteiger partial charge in [-0.25, -0.2) is 14.6 Å². The first-order valence-corrected chi connectivity index (χ1v) is 7.47. The second kappa shape index (κ2) is 7.35. The molecule has 0 radical (unpaired) electrons. The Kier molecular flexibility index (Phi) is 4.79. The van der Waals surface area contributed by atoms with E-state index in [9.17, 15) is 9.59 Å². The molecule has 0 saturated heterocycles. The highest BCUT2D eigenvalue weighted by Crippen LogP contribution is 2.13. The van der Waals surface area contributed by atoms with E-state index in [0.717, 1.165) is 0 Å². The van der Waals surface area contributed by atoms with Gasteiger partial charge in [0.05, 0.1) is 0 Å². The zero-order valence-electron chi connectivity index (χ0n) is 13.4. The lowest BCUT2D eigenvalue weighted by Crippen LogP contribution is -2.21. The van der Waals surface area contributed by atoms with Gasteiger partial charge in [-0.05, 0) is 37.3 Å². The summed E-state index contributed by atoms with van der Waals surface area (Å²) < 4.78 is 6.95. The van der Waals surface area contributed by atoms with Crippen molar-refractivity contribution in [3.05, 3.63) is 60.7 Å². The van der Waals surface area contributed by atoms with Gasteiger partial charge < -0.3 is 10.1 Å². The molecule has 0 unspecified atom stereocenters. The van der Waals surface area contributed by atoms with Gasteiger partial charge in [-0.3, -0.25) is 9.59 Å². The highest BCUT2D eigenvalue weighted by atomic mass is 16.5. The van der Waals surface area contributed by atoms with Gasteiger partial charge in [-0.15, -0.1) is 0 Å². The number of ether oxygens (including phenoxy) is 1. The van der Waals surface area contributed by atoms with E-state index < -0.39 is 0 Å². The van der Waals surface area contributed by atoms with E-state index in [2.05, 4.69) is 20.4 Å². The van der Waals surface area contributed by atoms with E-state index in [1.54, 1.807) is 53.5 Å². The van der Waals surface area contributed by atoms with Crippen LogP contribution in [0, 0.1) is 0 Å². The van der Waals surface area contributed by atoms with Crippen LogP contribution in [0.25, 0.3) is 5.82 Å². The van der Waals surface area contributed by atoms with E-state index in [1.807, 2.05) is 0 Å². The zero-order valence-corrected chi connectivity index (χ0v) is 13.4. The van der Waals surface area contributed by atoms with E-state index >= 15 is 0 Å². The Labute approximate surface area is 143 Å². The summed E-state index contributed by atoms with van der Waals surface area (Å²) in [6.07, 6.45) is 4.71. The minimum Gasteiger partial charge on any atom is -0.484 e. The van der Waals surface area contributed by atoms with Crippen molar-refractivity contribution in [3.8, 4) is 11.6 Å². The molecule has 0 atom stereocenters. The summed E-state index contributed by atoms with van der Waals surface area (Å²) in [5, 5.41) is 6.70. The van der Waals surface area contributed by atoms with Gasteiger partial charge in [0.25, 0.3) is 5.91 Å². The van der Waals surface area contributed by atoms with Crippen LogP contribution in [0.1, 0.15) is 17.3 Å². The quantitative estimate of drug-likeness (QED) is 0.690. The molecule has 1 amide bonds. The van der Waals surface area contributed by atoms with Gasteiger partial charge in [-0.1, -0.05) is 0 Å². The van der Waals surface area contributed by atoms with Crippen molar-refractivity contribution in [1.29, 1.82) is 0 Å². The Morgan fingerprint density at radius 2 is 2.00 bits per heavy atom. The molecule has 1 aromatic carbocycles. The molecule has 0 saturated carbocycles. The topological polar surface area (TPSA) is 99.0 Å². The molecule has 8 heteroatoms.